The monoisotopic (exact) mass is 285 g/mol. The number of hydrogen-bond acceptors (Lipinski definition) is 2. The van der Waals surface area contributed by atoms with E-state index in [2.05, 4.69) is 5.32 Å². The van der Waals surface area contributed by atoms with Crippen LogP contribution in [0.4, 0.5) is 9.18 Å². The van der Waals surface area contributed by atoms with Crippen LogP contribution < -0.4 is 5.32 Å². The van der Waals surface area contributed by atoms with Crippen molar-refractivity contribution >= 4 is 12.2 Å². The molecular weight excluding hydrogens is 269 g/mol. The van der Waals surface area contributed by atoms with E-state index in [0.717, 1.165) is 11.1 Å². The molecule has 1 amide bonds. The van der Waals surface area contributed by atoms with Crippen molar-refractivity contribution in [3.8, 4) is 0 Å². The standard InChI is InChI=1S/C17H16FNO2/c18-16-10-4-8-14(12-16)9-5-11-19-17(20)21-13-15-6-2-1-3-7-15/h1-10,12H,11,13H2,(H,19,20). The van der Waals surface area contributed by atoms with Gasteiger partial charge in [-0.05, 0) is 23.3 Å². The van der Waals surface area contributed by atoms with E-state index in [1.54, 1.807) is 24.3 Å². The van der Waals surface area contributed by atoms with E-state index < -0.39 is 6.09 Å². The summed E-state index contributed by atoms with van der Waals surface area (Å²) in [7, 11) is 0. The lowest BCUT2D eigenvalue weighted by molar-refractivity contribution is 0.141. The first-order chi connectivity index (χ1) is 10.2. The quantitative estimate of drug-likeness (QED) is 0.908. The molecule has 0 heterocycles. The molecule has 0 saturated heterocycles. The zero-order chi connectivity index (χ0) is 14.9. The number of halogens is 1. The molecule has 1 N–H and O–H groups in total. The molecule has 0 aliphatic rings. The van der Waals surface area contributed by atoms with Crippen LogP contribution >= 0.6 is 0 Å². The van der Waals surface area contributed by atoms with Gasteiger partial charge in [-0.15, -0.1) is 0 Å². The third-order valence-electron chi connectivity index (χ3n) is 2.74. The summed E-state index contributed by atoms with van der Waals surface area (Å²) in [6, 6.07) is 15.7. The van der Waals surface area contributed by atoms with Gasteiger partial charge in [0.1, 0.15) is 12.4 Å². The molecule has 3 nitrogen and oxygen atoms in total. The Hall–Kier alpha value is -2.62. The Morgan fingerprint density at radius 1 is 1.14 bits per heavy atom. The van der Waals surface area contributed by atoms with E-state index in [9.17, 15) is 9.18 Å². The van der Waals surface area contributed by atoms with E-state index in [-0.39, 0.29) is 12.4 Å². The molecule has 0 aliphatic heterocycles. The van der Waals surface area contributed by atoms with Crippen LogP contribution in [0.5, 0.6) is 0 Å². The number of ether oxygens (including phenoxy) is 1. The molecule has 0 aliphatic carbocycles. The van der Waals surface area contributed by atoms with Crippen LogP contribution in [0.1, 0.15) is 11.1 Å². The predicted molar refractivity (Wildman–Crippen MR) is 80.1 cm³/mol. The molecule has 2 aromatic carbocycles. The summed E-state index contributed by atoms with van der Waals surface area (Å²) in [5.74, 6) is -0.285. The molecule has 0 radical (unpaired) electrons. The largest absolute Gasteiger partial charge is 0.445 e. The normalized spacial score (nSPS) is 10.5. The summed E-state index contributed by atoms with van der Waals surface area (Å²) < 4.78 is 18.0. The maximum Gasteiger partial charge on any atom is 0.407 e. The maximum atomic E-state index is 12.9. The van der Waals surface area contributed by atoms with Crippen molar-refractivity contribution in [1.29, 1.82) is 0 Å². The highest BCUT2D eigenvalue weighted by Crippen LogP contribution is 2.05. The van der Waals surface area contributed by atoms with Gasteiger partial charge in [0, 0.05) is 6.54 Å². The Kier molecular flexibility index (Phi) is 5.52. The minimum absolute atomic E-state index is 0.236. The molecule has 108 valence electrons. The molecule has 0 atom stereocenters. The number of nitrogens with one attached hydrogen (secondary N) is 1. The molecule has 2 aromatic rings. The lowest BCUT2D eigenvalue weighted by Gasteiger charge is -2.05. The first-order valence-corrected chi connectivity index (χ1v) is 6.61. The van der Waals surface area contributed by atoms with Crippen molar-refractivity contribution in [2.24, 2.45) is 0 Å². The van der Waals surface area contributed by atoms with Crippen LogP contribution in [-0.2, 0) is 11.3 Å². The van der Waals surface area contributed by atoms with Gasteiger partial charge in [0.2, 0.25) is 0 Å². The zero-order valence-electron chi connectivity index (χ0n) is 11.5. The second kappa shape index (κ2) is 7.85. The van der Waals surface area contributed by atoms with Crippen LogP contribution in [0.15, 0.2) is 60.7 Å². The van der Waals surface area contributed by atoms with Crippen molar-refractivity contribution in [1.82, 2.24) is 5.32 Å². The molecular formula is C17H16FNO2. The summed E-state index contributed by atoms with van der Waals surface area (Å²) in [6.07, 6.45) is 2.99. The summed E-state index contributed by atoms with van der Waals surface area (Å²) >= 11 is 0. The number of amides is 1. The van der Waals surface area contributed by atoms with Gasteiger partial charge in [0.05, 0.1) is 0 Å². The van der Waals surface area contributed by atoms with Gasteiger partial charge in [-0.3, -0.25) is 0 Å². The fraction of sp³-hybridized carbons (Fsp3) is 0.118. The van der Waals surface area contributed by atoms with Crippen molar-refractivity contribution in [3.05, 3.63) is 77.6 Å². The smallest absolute Gasteiger partial charge is 0.407 e. The first kappa shape index (κ1) is 14.8. The van der Waals surface area contributed by atoms with E-state index >= 15 is 0 Å². The van der Waals surface area contributed by atoms with Crippen molar-refractivity contribution in [2.45, 2.75) is 6.61 Å². The van der Waals surface area contributed by atoms with Crippen LogP contribution in [0.3, 0.4) is 0 Å². The molecule has 4 heteroatoms. The topological polar surface area (TPSA) is 38.3 Å². The predicted octanol–water partition coefficient (Wildman–Crippen LogP) is 3.77. The van der Waals surface area contributed by atoms with Crippen molar-refractivity contribution in [3.63, 3.8) is 0 Å². The van der Waals surface area contributed by atoms with Gasteiger partial charge in [-0.2, -0.15) is 0 Å². The Labute approximate surface area is 123 Å². The van der Waals surface area contributed by atoms with Gasteiger partial charge < -0.3 is 10.1 Å². The van der Waals surface area contributed by atoms with E-state index in [1.807, 2.05) is 30.3 Å². The summed E-state index contributed by atoms with van der Waals surface area (Å²) in [5, 5.41) is 2.60. The molecule has 0 fully saturated rings. The molecule has 0 spiro atoms. The number of carbonyl (C=O) groups excluding carboxylic acids is 1. The van der Waals surface area contributed by atoms with Crippen LogP contribution in [0, 0.1) is 5.82 Å². The van der Waals surface area contributed by atoms with Crippen molar-refractivity contribution in [2.75, 3.05) is 6.54 Å². The highest BCUT2D eigenvalue weighted by molar-refractivity contribution is 5.67. The minimum atomic E-state index is -0.484. The SMILES string of the molecule is O=C(NCC=Cc1cccc(F)c1)OCc1ccccc1. The van der Waals surface area contributed by atoms with E-state index in [0.29, 0.717) is 6.54 Å². The summed E-state index contributed by atoms with van der Waals surface area (Å²) in [5.41, 5.74) is 1.68. The highest BCUT2D eigenvalue weighted by atomic mass is 19.1. The second-order valence-corrected chi connectivity index (χ2v) is 4.40. The lowest BCUT2D eigenvalue weighted by Crippen LogP contribution is -2.24. The third-order valence-corrected chi connectivity index (χ3v) is 2.74. The minimum Gasteiger partial charge on any atom is -0.445 e. The number of carbonyl (C=O) groups is 1. The van der Waals surface area contributed by atoms with Gasteiger partial charge in [-0.25, -0.2) is 9.18 Å². The Morgan fingerprint density at radius 2 is 1.95 bits per heavy atom. The van der Waals surface area contributed by atoms with Gasteiger partial charge in [-0.1, -0.05) is 54.6 Å². The maximum absolute atomic E-state index is 12.9. The molecule has 0 saturated carbocycles. The Morgan fingerprint density at radius 3 is 2.71 bits per heavy atom. The average molecular weight is 285 g/mol. The molecule has 21 heavy (non-hydrogen) atoms. The van der Waals surface area contributed by atoms with E-state index in [1.165, 1.54) is 12.1 Å². The third kappa shape index (κ3) is 5.48. The van der Waals surface area contributed by atoms with Gasteiger partial charge >= 0.3 is 6.09 Å². The molecule has 0 bridgehead atoms. The Balaban J connectivity index is 1.69. The fourth-order valence-corrected chi connectivity index (χ4v) is 1.72. The van der Waals surface area contributed by atoms with Gasteiger partial charge in [0.25, 0.3) is 0 Å². The average Bonchev–Trinajstić information content (AvgIpc) is 2.51. The second-order valence-electron chi connectivity index (χ2n) is 4.40. The van der Waals surface area contributed by atoms with Crippen LogP contribution in [0.25, 0.3) is 6.08 Å². The van der Waals surface area contributed by atoms with Gasteiger partial charge in [0.15, 0.2) is 0 Å². The van der Waals surface area contributed by atoms with Crippen LogP contribution in [-0.4, -0.2) is 12.6 Å². The zero-order valence-corrected chi connectivity index (χ0v) is 11.5. The fourth-order valence-electron chi connectivity index (χ4n) is 1.72. The van der Waals surface area contributed by atoms with Crippen LogP contribution in [0.2, 0.25) is 0 Å². The summed E-state index contributed by atoms with van der Waals surface area (Å²) in [6.45, 7) is 0.560. The number of alkyl carbamates (subject to hydrolysis) is 1. The Bertz CT molecular complexity index is 611. The summed E-state index contributed by atoms with van der Waals surface area (Å²) in [4.78, 5) is 11.5. The van der Waals surface area contributed by atoms with Crippen molar-refractivity contribution < 1.29 is 13.9 Å². The number of hydrogen-bond donors (Lipinski definition) is 1. The highest BCUT2D eigenvalue weighted by Gasteiger charge is 2.00. The molecule has 0 aromatic heterocycles. The molecule has 2 rings (SSSR count). The first-order valence-electron chi connectivity index (χ1n) is 6.61. The number of rotatable bonds is 5. The van der Waals surface area contributed by atoms with E-state index in [4.69, 9.17) is 4.74 Å². The lowest BCUT2D eigenvalue weighted by atomic mass is 10.2. The number of benzene rings is 2. The molecule has 0 unspecified atom stereocenters.